The van der Waals surface area contributed by atoms with Gasteiger partial charge < -0.3 is 21.3 Å². The third-order valence-corrected chi connectivity index (χ3v) is 4.03. The number of nitrogens with one attached hydrogen (secondary N) is 1. The number of aromatic nitrogens is 2. The van der Waals surface area contributed by atoms with E-state index >= 15 is 0 Å². The van der Waals surface area contributed by atoms with Crippen molar-refractivity contribution in [3.63, 3.8) is 0 Å². The van der Waals surface area contributed by atoms with Gasteiger partial charge in [0, 0.05) is 17.4 Å². The zero-order valence-corrected chi connectivity index (χ0v) is 14.8. The Hall–Kier alpha value is -3.94. The van der Waals surface area contributed by atoms with Crippen molar-refractivity contribution in [1.29, 1.82) is 0 Å². The average Bonchev–Trinajstić information content (AvgIpc) is 2.63. The summed E-state index contributed by atoms with van der Waals surface area (Å²) >= 11 is 0. The van der Waals surface area contributed by atoms with Gasteiger partial charge in [-0.05, 0) is 28.8 Å². The number of aliphatic carboxylic acids is 2. The average molecular weight is 378 g/mol. The van der Waals surface area contributed by atoms with Crippen LogP contribution in [-0.2, 0) is 22.4 Å². The van der Waals surface area contributed by atoms with Crippen molar-refractivity contribution >= 4 is 29.4 Å². The molecule has 2 aromatic carbocycles. The molecule has 0 atom stereocenters. The van der Waals surface area contributed by atoms with Gasteiger partial charge >= 0.3 is 11.9 Å². The molecule has 0 spiro atoms. The van der Waals surface area contributed by atoms with Gasteiger partial charge in [0.05, 0.1) is 12.8 Å². The Morgan fingerprint density at radius 1 is 0.929 bits per heavy atom. The van der Waals surface area contributed by atoms with Crippen LogP contribution in [0.2, 0.25) is 0 Å². The third kappa shape index (κ3) is 4.61. The zero-order valence-electron chi connectivity index (χ0n) is 14.8. The number of nitrogens with zero attached hydrogens (tertiary/aromatic N) is 2. The van der Waals surface area contributed by atoms with Gasteiger partial charge in [0.15, 0.2) is 0 Å². The highest BCUT2D eigenvalue weighted by Crippen LogP contribution is 2.28. The summed E-state index contributed by atoms with van der Waals surface area (Å²) in [5, 5.41) is 20.9. The highest BCUT2D eigenvalue weighted by atomic mass is 16.4. The van der Waals surface area contributed by atoms with E-state index in [0.29, 0.717) is 27.9 Å². The second kappa shape index (κ2) is 8.17. The summed E-state index contributed by atoms with van der Waals surface area (Å²) in [6, 6.07) is 13.9. The van der Waals surface area contributed by atoms with Gasteiger partial charge in [-0.15, -0.1) is 0 Å². The van der Waals surface area contributed by atoms with Crippen molar-refractivity contribution in [3.05, 3.63) is 65.9 Å². The molecule has 0 amide bonds. The predicted octanol–water partition coefficient (Wildman–Crippen LogP) is 2.72. The van der Waals surface area contributed by atoms with E-state index in [-0.39, 0.29) is 24.6 Å². The van der Waals surface area contributed by atoms with Crippen LogP contribution in [0.15, 0.2) is 54.7 Å². The van der Waals surface area contributed by atoms with Gasteiger partial charge in [-0.3, -0.25) is 9.59 Å². The number of nitrogens with two attached hydrogens (primary N) is 1. The maximum Gasteiger partial charge on any atom is 0.307 e. The summed E-state index contributed by atoms with van der Waals surface area (Å²) in [7, 11) is 0. The van der Waals surface area contributed by atoms with Gasteiger partial charge in [-0.2, -0.15) is 4.98 Å². The van der Waals surface area contributed by atoms with Crippen molar-refractivity contribution in [2.24, 2.45) is 0 Å². The first-order valence-electron chi connectivity index (χ1n) is 8.42. The Kier molecular flexibility index (Phi) is 5.50. The number of hydrogen-bond acceptors (Lipinski definition) is 6. The minimum absolute atomic E-state index is 0.0474. The van der Waals surface area contributed by atoms with Crippen LogP contribution in [-0.4, -0.2) is 32.1 Å². The number of carboxylic acids is 2. The lowest BCUT2D eigenvalue weighted by atomic mass is 9.99. The second-order valence-electron chi connectivity index (χ2n) is 6.11. The lowest BCUT2D eigenvalue weighted by Gasteiger charge is -2.11. The van der Waals surface area contributed by atoms with E-state index in [2.05, 4.69) is 15.3 Å². The fraction of sp³-hybridized carbons (Fsp3) is 0.100. The van der Waals surface area contributed by atoms with E-state index in [1.807, 2.05) is 0 Å². The molecule has 0 fully saturated rings. The number of nitrogen functional groups attached to an aromatic ring is 1. The number of hydrogen-bond donors (Lipinski definition) is 4. The van der Waals surface area contributed by atoms with E-state index in [9.17, 15) is 9.59 Å². The Morgan fingerprint density at radius 2 is 1.61 bits per heavy atom. The van der Waals surface area contributed by atoms with Crippen molar-refractivity contribution in [2.75, 3.05) is 11.1 Å². The maximum atomic E-state index is 11.1. The van der Waals surface area contributed by atoms with Gasteiger partial charge in [0.2, 0.25) is 5.95 Å². The van der Waals surface area contributed by atoms with Gasteiger partial charge in [-0.25, -0.2) is 4.98 Å². The molecule has 0 aliphatic carbocycles. The molecule has 3 aromatic rings. The predicted molar refractivity (Wildman–Crippen MR) is 104 cm³/mol. The minimum atomic E-state index is -0.934. The molecule has 28 heavy (non-hydrogen) atoms. The molecule has 0 saturated carbocycles. The number of rotatable bonds is 7. The molecular weight excluding hydrogens is 360 g/mol. The lowest BCUT2D eigenvalue weighted by molar-refractivity contribution is -0.137. The monoisotopic (exact) mass is 378 g/mol. The van der Waals surface area contributed by atoms with Gasteiger partial charge in [0.1, 0.15) is 5.82 Å². The summed E-state index contributed by atoms with van der Waals surface area (Å²) in [4.78, 5) is 30.3. The zero-order chi connectivity index (χ0) is 20.1. The highest BCUT2D eigenvalue weighted by molar-refractivity contribution is 5.81. The topological polar surface area (TPSA) is 138 Å². The largest absolute Gasteiger partial charge is 0.481 e. The van der Waals surface area contributed by atoms with Crippen LogP contribution < -0.4 is 11.1 Å². The molecule has 1 heterocycles. The van der Waals surface area contributed by atoms with Gasteiger partial charge in [0.25, 0.3) is 0 Å². The van der Waals surface area contributed by atoms with Crippen LogP contribution in [0.1, 0.15) is 11.1 Å². The number of anilines is 3. The van der Waals surface area contributed by atoms with Gasteiger partial charge in [-0.1, -0.05) is 36.4 Å². The molecule has 8 nitrogen and oxygen atoms in total. The van der Waals surface area contributed by atoms with Crippen LogP contribution in [0.5, 0.6) is 0 Å². The van der Waals surface area contributed by atoms with E-state index in [4.69, 9.17) is 15.9 Å². The Labute approximate surface area is 160 Å². The molecule has 1 aromatic heterocycles. The highest BCUT2D eigenvalue weighted by Gasteiger charge is 2.13. The van der Waals surface area contributed by atoms with Crippen LogP contribution in [0.4, 0.5) is 17.5 Å². The summed E-state index contributed by atoms with van der Waals surface area (Å²) in [6.45, 7) is 0. The standard InChI is InChI=1S/C20H18N4O4/c21-19-16(15-4-2-1-3-13(15)10-18(27)28)11-22-20(24-19)23-14-7-5-12(6-8-14)9-17(25)26/h1-8,11H,9-10H2,(H,25,26)(H,27,28)(H3,21,22,23,24). The summed E-state index contributed by atoms with van der Waals surface area (Å²) in [5.41, 5.74) is 9.31. The first kappa shape index (κ1) is 18.8. The van der Waals surface area contributed by atoms with Crippen LogP contribution in [0.3, 0.4) is 0 Å². The van der Waals surface area contributed by atoms with Crippen molar-refractivity contribution in [3.8, 4) is 11.1 Å². The van der Waals surface area contributed by atoms with Crippen LogP contribution in [0.25, 0.3) is 11.1 Å². The normalized spacial score (nSPS) is 10.4. The van der Waals surface area contributed by atoms with Crippen molar-refractivity contribution in [1.82, 2.24) is 9.97 Å². The number of carboxylic acid groups (broad SMARTS) is 2. The van der Waals surface area contributed by atoms with E-state index in [1.54, 1.807) is 54.7 Å². The van der Waals surface area contributed by atoms with Crippen LogP contribution in [0, 0.1) is 0 Å². The molecule has 8 heteroatoms. The second-order valence-corrected chi connectivity index (χ2v) is 6.11. The van der Waals surface area contributed by atoms with Crippen LogP contribution >= 0.6 is 0 Å². The first-order valence-corrected chi connectivity index (χ1v) is 8.42. The maximum absolute atomic E-state index is 11.1. The fourth-order valence-corrected chi connectivity index (χ4v) is 2.77. The molecule has 5 N–H and O–H groups in total. The summed E-state index contributed by atoms with van der Waals surface area (Å²) < 4.78 is 0. The van der Waals surface area contributed by atoms with Crippen molar-refractivity contribution in [2.45, 2.75) is 12.8 Å². The van der Waals surface area contributed by atoms with E-state index in [1.165, 1.54) is 0 Å². The SMILES string of the molecule is Nc1nc(Nc2ccc(CC(=O)O)cc2)ncc1-c1ccccc1CC(=O)O. The molecule has 0 aliphatic rings. The molecular formula is C20H18N4O4. The lowest BCUT2D eigenvalue weighted by Crippen LogP contribution is -2.05. The number of benzene rings is 2. The molecule has 0 bridgehead atoms. The molecule has 0 unspecified atom stereocenters. The third-order valence-electron chi connectivity index (χ3n) is 4.03. The molecule has 0 saturated heterocycles. The van der Waals surface area contributed by atoms with E-state index < -0.39 is 11.9 Å². The summed E-state index contributed by atoms with van der Waals surface area (Å²) in [5.74, 6) is -1.33. The molecule has 142 valence electrons. The first-order chi connectivity index (χ1) is 13.4. The Balaban J connectivity index is 1.81. The molecule has 0 aliphatic heterocycles. The number of carbonyl (C=O) groups is 2. The quantitative estimate of drug-likeness (QED) is 0.492. The summed E-state index contributed by atoms with van der Waals surface area (Å²) in [6.07, 6.45) is 1.37. The Morgan fingerprint density at radius 3 is 2.25 bits per heavy atom. The van der Waals surface area contributed by atoms with Crippen molar-refractivity contribution < 1.29 is 19.8 Å². The molecule has 0 radical (unpaired) electrons. The molecule has 3 rings (SSSR count). The minimum Gasteiger partial charge on any atom is -0.481 e. The Bertz CT molecular complexity index is 1020. The fourth-order valence-electron chi connectivity index (χ4n) is 2.77. The smallest absolute Gasteiger partial charge is 0.307 e. The van der Waals surface area contributed by atoms with E-state index in [0.717, 1.165) is 0 Å².